The van der Waals surface area contributed by atoms with Gasteiger partial charge in [0.2, 0.25) is 0 Å². The molecule has 8 heteroatoms. The molecule has 0 aromatic heterocycles. The smallest absolute Gasteiger partial charge is 0.512 e. The van der Waals surface area contributed by atoms with Gasteiger partial charge in [-0.3, -0.25) is 0 Å². The summed E-state index contributed by atoms with van der Waals surface area (Å²) in [5.41, 5.74) is 0. The summed E-state index contributed by atoms with van der Waals surface area (Å²) < 4.78 is 0. The Labute approximate surface area is 103 Å². The first-order chi connectivity index (χ1) is 7.00. The SMILES string of the molecule is [C-]#N.[C-]#N.[C-]#N.[C-]#N.[C-]#N.[C-]#N.[C-]#N.[Re+7]. The van der Waals surface area contributed by atoms with Crippen LogP contribution in [0.5, 0.6) is 0 Å². The van der Waals surface area contributed by atoms with Crippen molar-refractivity contribution < 1.29 is 20.4 Å². The Kier molecular flexibility index (Phi) is 791. The Morgan fingerprint density at radius 1 is 0.267 bits per heavy atom. The summed E-state index contributed by atoms with van der Waals surface area (Å²) >= 11 is 0. The van der Waals surface area contributed by atoms with E-state index in [0.29, 0.717) is 0 Å². The molecule has 7 nitrogen and oxygen atoms in total. The van der Waals surface area contributed by atoms with E-state index in [-0.39, 0.29) is 20.4 Å². The molecule has 0 aromatic rings. The topological polar surface area (TPSA) is 167 Å². The monoisotopic (exact) mass is 369 g/mol. The first-order valence-electron chi connectivity index (χ1n) is 1.57. The minimum Gasteiger partial charge on any atom is -0.512 e. The van der Waals surface area contributed by atoms with Gasteiger partial charge < -0.3 is 82.8 Å². The Hall–Kier alpha value is -2.91. The fourth-order valence-electron chi connectivity index (χ4n) is 0. The number of rotatable bonds is 0. The van der Waals surface area contributed by atoms with Gasteiger partial charge in [0.1, 0.15) is 0 Å². The van der Waals surface area contributed by atoms with Crippen LogP contribution in [0, 0.1) is 82.8 Å². The molecule has 0 saturated carbocycles. The van der Waals surface area contributed by atoms with Gasteiger partial charge in [0, 0.05) is 0 Å². The fraction of sp³-hybridized carbons (Fsp3) is 0. The van der Waals surface area contributed by atoms with Crippen LogP contribution in [0.3, 0.4) is 0 Å². The third kappa shape index (κ3) is 108. The van der Waals surface area contributed by atoms with E-state index in [4.69, 9.17) is 82.8 Å². The van der Waals surface area contributed by atoms with Crippen LogP contribution in [-0.4, -0.2) is 0 Å². The molecule has 15 heavy (non-hydrogen) atoms. The first-order valence-corrected chi connectivity index (χ1v) is 1.57. The van der Waals surface area contributed by atoms with Crippen LogP contribution in [0.15, 0.2) is 0 Å². The fourth-order valence-corrected chi connectivity index (χ4v) is 0. The van der Waals surface area contributed by atoms with Crippen LogP contribution in [0.1, 0.15) is 0 Å². The summed E-state index contributed by atoms with van der Waals surface area (Å²) in [5, 5.41) is 43.8. The number of hydrogen-bond acceptors (Lipinski definition) is 7. The van der Waals surface area contributed by atoms with Crippen LogP contribution in [0.2, 0.25) is 0 Å². The van der Waals surface area contributed by atoms with E-state index in [1.54, 1.807) is 0 Å². The van der Waals surface area contributed by atoms with Gasteiger partial charge in [-0.1, -0.05) is 0 Å². The maximum Gasteiger partial charge on any atom is 7.00 e. The van der Waals surface area contributed by atoms with Gasteiger partial charge in [0.15, 0.2) is 0 Å². The largest absolute Gasteiger partial charge is 7.00 e. The Morgan fingerprint density at radius 3 is 0.267 bits per heavy atom. The van der Waals surface area contributed by atoms with Crippen molar-refractivity contribution in [3.63, 3.8) is 0 Å². The van der Waals surface area contributed by atoms with Crippen molar-refractivity contribution in [1.82, 2.24) is 0 Å². The van der Waals surface area contributed by atoms with Gasteiger partial charge in [0.25, 0.3) is 0 Å². The normalized spacial score (nSPS) is 0.933. The predicted octanol–water partition coefficient (Wildman–Crippen LogP) is 0.672. The zero-order valence-electron chi connectivity index (χ0n) is 7.01. The maximum absolute atomic E-state index is 6.25. The summed E-state index contributed by atoms with van der Waals surface area (Å²) in [4.78, 5) is 0. The summed E-state index contributed by atoms with van der Waals surface area (Å²) in [6.45, 7) is 33.2. The number of nitrogens with zero attached hydrogens (tertiary/aromatic N) is 7. The molecule has 0 radical (unpaired) electrons. The average molecular weight is 368 g/mol. The molecule has 0 N–H and O–H groups in total. The molecule has 0 unspecified atom stereocenters. The molecule has 0 aromatic carbocycles. The second-order valence-corrected chi connectivity index (χ2v) is 0. The van der Waals surface area contributed by atoms with E-state index in [1.807, 2.05) is 0 Å². The molecule has 0 saturated heterocycles. The second-order valence-electron chi connectivity index (χ2n) is 0. The van der Waals surface area contributed by atoms with Crippen molar-refractivity contribution >= 4 is 0 Å². The molecule has 0 spiro atoms. The van der Waals surface area contributed by atoms with Gasteiger partial charge in [-0.2, -0.15) is 0 Å². The van der Waals surface area contributed by atoms with Gasteiger partial charge in [-0.25, -0.2) is 0 Å². The molecule has 0 rings (SSSR count). The summed E-state index contributed by atoms with van der Waals surface area (Å²) in [7, 11) is 0. The summed E-state index contributed by atoms with van der Waals surface area (Å²) in [5.74, 6) is 0. The number of hydrogen-bond donors (Lipinski definition) is 0. The molecular weight excluding hydrogens is 368 g/mol. The minimum absolute atomic E-state index is 0. The van der Waals surface area contributed by atoms with Crippen molar-refractivity contribution in [2.45, 2.75) is 0 Å². The van der Waals surface area contributed by atoms with E-state index in [2.05, 4.69) is 0 Å². The summed E-state index contributed by atoms with van der Waals surface area (Å²) in [6.07, 6.45) is 0. The van der Waals surface area contributed by atoms with Crippen LogP contribution in [0.25, 0.3) is 0 Å². The minimum atomic E-state index is 0. The van der Waals surface area contributed by atoms with E-state index in [0.717, 1.165) is 0 Å². The zero-order chi connectivity index (χ0) is 14.0. The Morgan fingerprint density at radius 2 is 0.267 bits per heavy atom. The van der Waals surface area contributed by atoms with E-state index in [9.17, 15) is 0 Å². The molecule has 0 aliphatic heterocycles. The maximum atomic E-state index is 6.25. The molecule has 0 aliphatic carbocycles. The average Bonchev–Trinajstić information content (AvgIpc) is 2.45. The third-order valence-corrected chi connectivity index (χ3v) is 0. The first kappa shape index (κ1) is 88.8. The molecule has 0 atom stereocenters. The van der Waals surface area contributed by atoms with Gasteiger partial charge >= 0.3 is 20.4 Å². The molecular formula is C7N7Re. The predicted molar refractivity (Wildman–Crippen MR) is 34.8 cm³/mol. The zero-order valence-corrected chi connectivity index (χ0v) is 9.72. The Balaban J connectivity index is -0.00000000628. The van der Waals surface area contributed by atoms with Gasteiger partial charge in [-0.15, -0.1) is 0 Å². The standard InChI is InChI=1S/7CN.Re/c7*1-2;/q7*-1;+7. The van der Waals surface area contributed by atoms with Crippen molar-refractivity contribution in [2.24, 2.45) is 0 Å². The molecule has 70 valence electrons. The van der Waals surface area contributed by atoms with Crippen molar-refractivity contribution in [2.75, 3.05) is 0 Å². The van der Waals surface area contributed by atoms with E-state index < -0.39 is 0 Å². The molecule has 0 heterocycles. The van der Waals surface area contributed by atoms with E-state index >= 15 is 0 Å². The van der Waals surface area contributed by atoms with Gasteiger partial charge in [-0.05, 0) is 0 Å². The van der Waals surface area contributed by atoms with Crippen LogP contribution in [-0.2, 0) is 20.4 Å². The summed E-state index contributed by atoms with van der Waals surface area (Å²) in [6, 6.07) is 0. The quantitative estimate of drug-likeness (QED) is 0.566. The van der Waals surface area contributed by atoms with Crippen molar-refractivity contribution in [3.8, 4) is 0 Å². The van der Waals surface area contributed by atoms with Crippen LogP contribution in [0.4, 0.5) is 0 Å². The molecule has 0 bridgehead atoms. The van der Waals surface area contributed by atoms with Crippen molar-refractivity contribution in [3.05, 3.63) is 46.0 Å². The molecule has 0 fully saturated rings. The van der Waals surface area contributed by atoms with Crippen molar-refractivity contribution in [1.29, 1.82) is 36.8 Å². The van der Waals surface area contributed by atoms with Crippen LogP contribution >= 0.6 is 0 Å². The van der Waals surface area contributed by atoms with Gasteiger partial charge in [0.05, 0.1) is 0 Å². The van der Waals surface area contributed by atoms with Crippen LogP contribution < -0.4 is 0 Å². The molecule has 0 amide bonds. The third-order valence-electron chi connectivity index (χ3n) is 0. The second kappa shape index (κ2) is 134. The Bertz CT molecular complexity index is 112. The molecule has 0 aliphatic rings. The van der Waals surface area contributed by atoms with E-state index in [1.165, 1.54) is 0 Å².